The third-order valence-corrected chi connectivity index (χ3v) is 7.67. The molecule has 41 heavy (non-hydrogen) atoms. The maximum absolute atomic E-state index is 11.7. The molecule has 4 rings (SSSR count). The van der Waals surface area contributed by atoms with Crippen LogP contribution in [0.1, 0.15) is 38.7 Å². The number of methoxy groups -OCH3 is 1. The Bertz CT molecular complexity index is 1270. The molecule has 11 heteroatoms. The normalized spacial score (nSPS) is 19.2. The highest BCUT2D eigenvalue weighted by Gasteiger charge is 2.22. The minimum atomic E-state index is -0.143. The molecule has 2 aliphatic heterocycles. The van der Waals surface area contributed by atoms with Crippen molar-refractivity contribution in [3.8, 4) is 17.1 Å². The number of likely N-dealkylation sites (tertiary alicyclic amines) is 1. The molecular weight excluding hydrogens is 563 g/mol. The van der Waals surface area contributed by atoms with Crippen LogP contribution in [0.5, 0.6) is 5.88 Å². The Kier molecular flexibility index (Phi) is 11.2. The standard InChI is InChI=1S/C30H38Cl2N6O3/c1-20-18-38(10-7-34-20)30(33-3)35-17-21(2)41-28-12-23(11-27(36-28)24-14-25(31)16-26(32)15-24)19-37-8-5-22(6-9-37)13-29(39)40-4/h11-12,14-17,20,22,34H,3,5-10,13,18-19H2,1-2,4H3/b21-17+,35-30?/t20-/m0/s1. The number of aliphatic imine (C=N–C) groups is 2. The lowest BCUT2D eigenvalue weighted by Gasteiger charge is -2.32. The number of nitrogens with zero attached hydrogens (tertiary/aromatic N) is 5. The number of rotatable bonds is 8. The first kappa shape index (κ1) is 31.0. The Morgan fingerprint density at radius 3 is 2.56 bits per heavy atom. The summed E-state index contributed by atoms with van der Waals surface area (Å²) in [5, 5.41) is 4.48. The second-order valence-electron chi connectivity index (χ2n) is 10.6. The third-order valence-electron chi connectivity index (χ3n) is 7.24. The number of ether oxygens (including phenoxy) is 2. The van der Waals surface area contributed by atoms with Gasteiger partial charge in [0.05, 0.1) is 19.0 Å². The van der Waals surface area contributed by atoms with Gasteiger partial charge in [-0.25, -0.2) is 15.0 Å². The number of allylic oxidation sites excluding steroid dienone is 1. The second-order valence-corrected chi connectivity index (χ2v) is 11.5. The quantitative estimate of drug-likeness (QED) is 0.187. The lowest BCUT2D eigenvalue weighted by Crippen LogP contribution is -2.50. The number of esters is 1. The molecule has 2 aromatic rings. The van der Waals surface area contributed by atoms with Crippen molar-refractivity contribution in [1.82, 2.24) is 20.1 Å². The van der Waals surface area contributed by atoms with E-state index in [1.807, 2.05) is 31.2 Å². The molecule has 1 N–H and O–H groups in total. The van der Waals surface area contributed by atoms with E-state index in [1.54, 1.807) is 12.3 Å². The van der Waals surface area contributed by atoms with Crippen LogP contribution in [0.15, 0.2) is 52.3 Å². The van der Waals surface area contributed by atoms with Crippen LogP contribution in [0.4, 0.5) is 0 Å². The maximum Gasteiger partial charge on any atom is 0.305 e. The number of nitrogens with one attached hydrogen (secondary N) is 1. The number of guanidine groups is 1. The van der Waals surface area contributed by atoms with E-state index in [2.05, 4.69) is 38.7 Å². The number of halogens is 2. The van der Waals surface area contributed by atoms with Gasteiger partial charge >= 0.3 is 5.97 Å². The molecule has 3 heterocycles. The number of pyridine rings is 1. The zero-order chi connectivity index (χ0) is 29.4. The van der Waals surface area contributed by atoms with E-state index in [-0.39, 0.29) is 5.97 Å². The monoisotopic (exact) mass is 600 g/mol. The molecule has 1 atom stereocenters. The minimum Gasteiger partial charge on any atom is -0.469 e. The Morgan fingerprint density at radius 1 is 1.17 bits per heavy atom. The van der Waals surface area contributed by atoms with Gasteiger partial charge in [0.15, 0.2) is 0 Å². The first-order chi connectivity index (χ1) is 19.7. The smallest absolute Gasteiger partial charge is 0.305 e. The molecule has 2 aliphatic rings. The molecule has 0 saturated carbocycles. The van der Waals surface area contributed by atoms with Gasteiger partial charge < -0.3 is 19.7 Å². The predicted molar refractivity (Wildman–Crippen MR) is 165 cm³/mol. The number of piperazine rings is 1. The number of carbonyl (C=O) groups is 1. The first-order valence-corrected chi connectivity index (χ1v) is 14.6. The maximum atomic E-state index is 11.7. The van der Waals surface area contributed by atoms with E-state index < -0.39 is 0 Å². The van der Waals surface area contributed by atoms with Crippen molar-refractivity contribution in [3.63, 3.8) is 0 Å². The average Bonchev–Trinajstić information content (AvgIpc) is 2.94. The van der Waals surface area contributed by atoms with Gasteiger partial charge in [0.2, 0.25) is 11.8 Å². The van der Waals surface area contributed by atoms with Gasteiger partial charge in [0.25, 0.3) is 0 Å². The van der Waals surface area contributed by atoms with Gasteiger partial charge in [-0.3, -0.25) is 9.69 Å². The lowest BCUT2D eigenvalue weighted by molar-refractivity contribution is -0.142. The fourth-order valence-corrected chi connectivity index (χ4v) is 5.68. The number of hydrogen-bond donors (Lipinski definition) is 1. The van der Waals surface area contributed by atoms with Crippen LogP contribution in [0.25, 0.3) is 11.3 Å². The van der Waals surface area contributed by atoms with Gasteiger partial charge in [-0.15, -0.1) is 0 Å². The predicted octanol–water partition coefficient (Wildman–Crippen LogP) is 5.42. The summed E-state index contributed by atoms with van der Waals surface area (Å²) in [6.07, 6.45) is 4.02. The number of aromatic nitrogens is 1. The van der Waals surface area contributed by atoms with Crippen molar-refractivity contribution in [1.29, 1.82) is 0 Å². The summed E-state index contributed by atoms with van der Waals surface area (Å²) in [5.74, 6) is 1.79. The average molecular weight is 602 g/mol. The number of hydrogen-bond acceptors (Lipinski definition) is 7. The van der Waals surface area contributed by atoms with Crippen LogP contribution in [0.2, 0.25) is 10.0 Å². The fourth-order valence-electron chi connectivity index (χ4n) is 5.15. The van der Waals surface area contributed by atoms with E-state index >= 15 is 0 Å². The van der Waals surface area contributed by atoms with Crippen molar-refractivity contribution in [2.75, 3.05) is 39.8 Å². The third kappa shape index (κ3) is 9.26. The van der Waals surface area contributed by atoms with Crippen molar-refractivity contribution in [2.45, 2.75) is 45.7 Å². The van der Waals surface area contributed by atoms with E-state index in [9.17, 15) is 4.79 Å². The molecule has 220 valence electrons. The largest absolute Gasteiger partial charge is 0.469 e. The zero-order valence-electron chi connectivity index (χ0n) is 23.9. The summed E-state index contributed by atoms with van der Waals surface area (Å²) >= 11 is 12.6. The molecule has 9 nitrogen and oxygen atoms in total. The first-order valence-electron chi connectivity index (χ1n) is 13.9. The van der Waals surface area contributed by atoms with Crippen molar-refractivity contribution in [2.24, 2.45) is 15.9 Å². The van der Waals surface area contributed by atoms with Crippen molar-refractivity contribution >= 4 is 41.8 Å². The minimum absolute atomic E-state index is 0.143. The Balaban J connectivity index is 1.53. The van der Waals surface area contributed by atoms with Crippen LogP contribution in [0, 0.1) is 5.92 Å². The molecule has 0 radical (unpaired) electrons. The molecule has 2 fully saturated rings. The Morgan fingerprint density at radius 2 is 1.90 bits per heavy atom. The molecule has 0 unspecified atom stereocenters. The Labute approximate surface area is 252 Å². The van der Waals surface area contributed by atoms with Crippen LogP contribution < -0.4 is 10.1 Å². The number of piperidine rings is 1. The summed E-state index contributed by atoms with van der Waals surface area (Å²) in [7, 11) is 1.44. The van der Waals surface area contributed by atoms with E-state index in [0.29, 0.717) is 51.7 Å². The van der Waals surface area contributed by atoms with Crippen molar-refractivity contribution < 1.29 is 14.3 Å². The molecule has 0 bridgehead atoms. The van der Waals surface area contributed by atoms with Gasteiger partial charge in [-0.05, 0) is 82.2 Å². The number of benzene rings is 1. The van der Waals surface area contributed by atoms with Gasteiger partial charge in [0, 0.05) is 60.3 Å². The van der Waals surface area contributed by atoms with E-state index in [4.69, 9.17) is 37.7 Å². The molecular formula is C30H38Cl2N6O3. The van der Waals surface area contributed by atoms with E-state index in [1.165, 1.54) is 7.11 Å². The summed E-state index contributed by atoms with van der Waals surface area (Å²) < 4.78 is 11.0. The topological polar surface area (TPSA) is 91.7 Å². The molecule has 1 aromatic heterocycles. The molecule has 0 spiro atoms. The highest BCUT2D eigenvalue weighted by Crippen LogP contribution is 2.30. The fraction of sp³-hybridized carbons (Fsp3) is 0.467. The molecule has 2 saturated heterocycles. The van der Waals surface area contributed by atoms with Crippen LogP contribution in [0.3, 0.4) is 0 Å². The summed E-state index contributed by atoms with van der Waals surface area (Å²) in [4.78, 5) is 29.6. The number of carbonyl (C=O) groups excluding carboxylic acids is 1. The summed E-state index contributed by atoms with van der Waals surface area (Å²) in [6.45, 7) is 12.7. The molecule has 1 aromatic carbocycles. The molecule has 0 aliphatic carbocycles. The lowest BCUT2D eigenvalue weighted by atomic mass is 9.93. The van der Waals surface area contributed by atoms with Crippen LogP contribution >= 0.6 is 23.2 Å². The van der Waals surface area contributed by atoms with Crippen molar-refractivity contribution in [3.05, 3.63) is 57.9 Å². The van der Waals surface area contributed by atoms with Gasteiger partial charge in [-0.1, -0.05) is 23.2 Å². The Hall–Kier alpha value is -2.98. The molecule has 0 amide bonds. The summed E-state index contributed by atoms with van der Waals surface area (Å²) in [6, 6.07) is 9.71. The summed E-state index contributed by atoms with van der Waals surface area (Å²) in [5.41, 5.74) is 2.56. The highest BCUT2D eigenvalue weighted by molar-refractivity contribution is 6.35. The second kappa shape index (κ2) is 14.8. The SMILES string of the molecule is C=NC(=N/C=C(\C)Oc1cc(CN2CCC(CC(=O)OC)CC2)cc(-c2cc(Cl)cc(Cl)c2)n1)N1CCN[C@@H](C)C1. The van der Waals surface area contributed by atoms with E-state index in [0.717, 1.165) is 63.2 Å². The highest BCUT2D eigenvalue weighted by atomic mass is 35.5. The van der Waals surface area contributed by atoms with Crippen LogP contribution in [-0.4, -0.2) is 79.3 Å². The van der Waals surface area contributed by atoms with Gasteiger partial charge in [0.1, 0.15) is 5.76 Å². The zero-order valence-corrected chi connectivity index (χ0v) is 25.4. The van der Waals surface area contributed by atoms with Crippen LogP contribution in [-0.2, 0) is 16.1 Å². The van der Waals surface area contributed by atoms with Gasteiger partial charge in [-0.2, -0.15) is 0 Å².